The molecule has 10 nitrogen and oxygen atoms in total. The van der Waals surface area contributed by atoms with Crippen molar-refractivity contribution >= 4 is 17.8 Å². The van der Waals surface area contributed by atoms with Crippen LogP contribution in [-0.2, 0) is 34.5 Å². The van der Waals surface area contributed by atoms with E-state index >= 15 is 0 Å². The molecule has 1 atom stereocenters. The molecule has 1 amide bonds. The normalized spacial score (nSPS) is 19.6. The number of carboxylic acid groups (broad SMARTS) is 2. The number of hydrogen-bond acceptors (Lipinski definition) is 6. The number of alkyl halides is 6. The number of carbonyl (C=O) groups is 3. The molecule has 2 aromatic heterocycles. The Labute approximate surface area is 212 Å². The minimum absolute atomic E-state index is 0.194. The van der Waals surface area contributed by atoms with E-state index in [9.17, 15) is 31.1 Å². The van der Waals surface area contributed by atoms with Crippen molar-refractivity contribution in [2.75, 3.05) is 19.6 Å². The van der Waals surface area contributed by atoms with Crippen LogP contribution in [-0.4, -0.2) is 84.4 Å². The predicted molar refractivity (Wildman–Crippen MR) is 117 cm³/mol. The molecule has 210 valence electrons. The number of imidazole rings is 1. The van der Waals surface area contributed by atoms with Crippen molar-refractivity contribution in [1.82, 2.24) is 24.3 Å². The molecule has 1 spiro atoms. The average molecular weight is 553 g/mol. The van der Waals surface area contributed by atoms with Crippen molar-refractivity contribution in [2.45, 2.75) is 38.3 Å². The van der Waals surface area contributed by atoms with E-state index in [1.54, 1.807) is 6.20 Å². The molecule has 0 saturated carbocycles. The van der Waals surface area contributed by atoms with E-state index in [4.69, 9.17) is 19.8 Å². The van der Waals surface area contributed by atoms with E-state index in [1.165, 1.54) is 0 Å². The molecule has 0 aliphatic carbocycles. The lowest BCUT2D eigenvalue weighted by Crippen LogP contribution is -2.36. The maximum atomic E-state index is 13.0. The Bertz CT molecular complexity index is 1080. The second kappa shape index (κ2) is 12.2. The number of aryl methyl sites for hydroxylation is 1. The molecule has 1 unspecified atom stereocenters. The van der Waals surface area contributed by atoms with Gasteiger partial charge in [-0.2, -0.15) is 26.3 Å². The van der Waals surface area contributed by atoms with Gasteiger partial charge in [-0.05, 0) is 31.5 Å². The van der Waals surface area contributed by atoms with Crippen LogP contribution < -0.4 is 0 Å². The fourth-order valence-corrected chi connectivity index (χ4v) is 3.95. The monoisotopic (exact) mass is 553 g/mol. The SMILES string of the molecule is Cn1ccnc1CN1CCC2(CCN(Cc3ccccn3)C2=O)C1.O=C(O)C(F)(F)F.O=C(O)C(F)(F)F. The standard InChI is InChI=1S/C18H23N5O.2C2HF3O2/c1-21-11-8-20-16(21)13-22-9-5-18(14-22)6-10-23(17(18)24)12-15-4-2-3-7-19-15;2*3-2(4,5)1(6)7/h2-4,7-8,11H,5-6,9-10,12-14H2,1H3;2*(H,6,7). The Hall–Kier alpha value is -3.69. The van der Waals surface area contributed by atoms with E-state index in [-0.39, 0.29) is 5.41 Å². The summed E-state index contributed by atoms with van der Waals surface area (Å²) in [6, 6.07) is 5.87. The number of carboxylic acids is 2. The van der Waals surface area contributed by atoms with E-state index in [0.29, 0.717) is 12.5 Å². The van der Waals surface area contributed by atoms with Crippen molar-refractivity contribution in [1.29, 1.82) is 0 Å². The molecular weight excluding hydrogens is 528 g/mol. The van der Waals surface area contributed by atoms with Gasteiger partial charge in [0.2, 0.25) is 5.91 Å². The van der Waals surface area contributed by atoms with Crippen LogP contribution in [0.3, 0.4) is 0 Å². The molecular formula is C22H25F6N5O5. The molecule has 38 heavy (non-hydrogen) atoms. The third-order valence-electron chi connectivity index (χ3n) is 5.88. The van der Waals surface area contributed by atoms with Gasteiger partial charge in [0, 0.05) is 38.7 Å². The van der Waals surface area contributed by atoms with E-state index < -0.39 is 24.3 Å². The Balaban J connectivity index is 0.000000301. The highest BCUT2D eigenvalue weighted by Gasteiger charge is 2.50. The Morgan fingerprint density at radius 3 is 2.00 bits per heavy atom. The van der Waals surface area contributed by atoms with Gasteiger partial charge in [-0.1, -0.05) is 6.07 Å². The van der Waals surface area contributed by atoms with Gasteiger partial charge in [0.25, 0.3) is 0 Å². The molecule has 2 aliphatic heterocycles. The highest BCUT2D eigenvalue weighted by Crippen LogP contribution is 2.41. The summed E-state index contributed by atoms with van der Waals surface area (Å²) in [7, 11) is 2.02. The fraction of sp³-hybridized carbons (Fsp3) is 0.500. The van der Waals surface area contributed by atoms with Crippen molar-refractivity contribution in [3.8, 4) is 0 Å². The molecule has 2 fully saturated rings. The van der Waals surface area contributed by atoms with Crippen LogP contribution in [0.5, 0.6) is 0 Å². The number of aromatic nitrogens is 3. The van der Waals surface area contributed by atoms with Crippen molar-refractivity contribution in [2.24, 2.45) is 12.5 Å². The number of rotatable bonds is 4. The van der Waals surface area contributed by atoms with Gasteiger partial charge in [-0.3, -0.25) is 14.7 Å². The topological polar surface area (TPSA) is 129 Å². The van der Waals surface area contributed by atoms with Gasteiger partial charge in [-0.15, -0.1) is 0 Å². The molecule has 4 rings (SSSR count). The molecule has 2 aromatic rings. The van der Waals surface area contributed by atoms with Gasteiger partial charge in [0.15, 0.2) is 0 Å². The maximum absolute atomic E-state index is 13.0. The third-order valence-corrected chi connectivity index (χ3v) is 5.88. The van der Waals surface area contributed by atoms with E-state index in [0.717, 1.165) is 50.5 Å². The summed E-state index contributed by atoms with van der Waals surface area (Å²) >= 11 is 0. The fourth-order valence-electron chi connectivity index (χ4n) is 3.95. The van der Waals surface area contributed by atoms with Crippen LogP contribution in [0.15, 0.2) is 36.8 Å². The molecule has 0 aromatic carbocycles. The first-order valence-electron chi connectivity index (χ1n) is 11.0. The predicted octanol–water partition coefficient (Wildman–Crippen LogP) is 2.71. The van der Waals surface area contributed by atoms with Crippen molar-refractivity contribution in [3.05, 3.63) is 48.3 Å². The summed E-state index contributed by atoms with van der Waals surface area (Å²) in [6.07, 6.45) is -2.67. The summed E-state index contributed by atoms with van der Waals surface area (Å²) in [6.45, 7) is 4.10. The molecule has 0 radical (unpaired) electrons. The molecule has 0 bridgehead atoms. The molecule has 4 heterocycles. The van der Waals surface area contributed by atoms with Crippen LogP contribution in [0.4, 0.5) is 26.3 Å². The van der Waals surface area contributed by atoms with Crippen molar-refractivity contribution < 1.29 is 50.9 Å². The van der Waals surface area contributed by atoms with Crippen LogP contribution in [0.2, 0.25) is 0 Å². The van der Waals surface area contributed by atoms with Crippen LogP contribution in [0.25, 0.3) is 0 Å². The zero-order chi connectivity index (χ0) is 28.7. The van der Waals surface area contributed by atoms with Crippen LogP contribution in [0, 0.1) is 5.41 Å². The number of amides is 1. The summed E-state index contributed by atoms with van der Waals surface area (Å²) in [5.41, 5.74) is 0.769. The maximum Gasteiger partial charge on any atom is 0.490 e. The number of likely N-dealkylation sites (tertiary alicyclic amines) is 2. The van der Waals surface area contributed by atoms with Crippen LogP contribution in [0.1, 0.15) is 24.4 Å². The highest BCUT2D eigenvalue weighted by molar-refractivity contribution is 5.85. The molecule has 16 heteroatoms. The lowest BCUT2D eigenvalue weighted by Gasteiger charge is -2.23. The van der Waals surface area contributed by atoms with Gasteiger partial charge >= 0.3 is 24.3 Å². The summed E-state index contributed by atoms with van der Waals surface area (Å²) in [5.74, 6) is -4.15. The number of carbonyl (C=O) groups excluding carboxylic acids is 1. The quantitative estimate of drug-likeness (QED) is 0.554. The lowest BCUT2D eigenvalue weighted by molar-refractivity contribution is -0.193. The van der Waals surface area contributed by atoms with Gasteiger partial charge in [0.05, 0.1) is 24.2 Å². The zero-order valence-corrected chi connectivity index (χ0v) is 20.0. The summed E-state index contributed by atoms with van der Waals surface area (Å²) < 4.78 is 65.5. The van der Waals surface area contributed by atoms with Gasteiger partial charge in [0.1, 0.15) is 5.82 Å². The number of nitrogens with zero attached hydrogens (tertiary/aromatic N) is 5. The smallest absolute Gasteiger partial charge is 0.475 e. The van der Waals surface area contributed by atoms with Gasteiger partial charge in [-0.25, -0.2) is 14.6 Å². The second-order valence-corrected chi connectivity index (χ2v) is 8.60. The first-order valence-corrected chi connectivity index (χ1v) is 11.0. The average Bonchev–Trinajstić information content (AvgIpc) is 3.51. The molecule has 2 saturated heterocycles. The second-order valence-electron chi connectivity index (χ2n) is 8.60. The summed E-state index contributed by atoms with van der Waals surface area (Å²) in [4.78, 5) is 43.9. The Kier molecular flexibility index (Phi) is 9.83. The lowest BCUT2D eigenvalue weighted by atomic mass is 9.85. The van der Waals surface area contributed by atoms with E-state index in [2.05, 4.69) is 19.4 Å². The van der Waals surface area contributed by atoms with E-state index in [1.807, 2.05) is 42.5 Å². The molecule has 2 N–H and O–H groups in total. The molecule has 2 aliphatic rings. The number of hydrogen-bond donors (Lipinski definition) is 2. The third kappa shape index (κ3) is 8.43. The number of aliphatic carboxylic acids is 2. The Morgan fingerprint density at radius 2 is 1.53 bits per heavy atom. The minimum atomic E-state index is -5.08. The van der Waals surface area contributed by atoms with Crippen LogP contribution >= 0.6 is 0 Å². The highest BCUT2D eigenvalue weighted by atomic mass is 19.4. The number of halogens is 6. The van der Waals surface area contributed by atoms with Crippen molar-refractivity contribution in [3.63, 3.8) is 0 Å². The Morgan fingerprint density at radius 1 is 0.947 bits per heavy atom. The first-order chi connectivity index (χ1) is 17.5. The number of pyridine rings is 1. The van der Waals surface area contributed by atoms with Gasteiger partial charge < -0.3 is 19.7 Å². The first kappa shape index (κ1) is 30.5. The largest absolute Gasteiger partial charge is 0.490 e. The zero-order valence-electron chi connectivity index (χ0n) is 20.0. The summed E-state index contributed by atoms with van der Waals surface area (Å²) in [5, 5.41) is 14.2. The minimum Gasteiger partial charge on any atom is -0.475 e.